The molecule has 3 nitrogen and oxygen atoms in total. The molecule has 0 fully saturated rings. The Hall–Kier alpha value is -2.43. The monoisotopic (exact) mass is 302 g/mol. The van der Waals surface area contributed by atoms with Crippen LogP contribution < -0.4 is 4.90 Å². The first kappa shape index (κ1) is 14.5. The molecule has 1 unspecified atom stereocenters. The fourth-order valence-electron chi connectivity index (χ4n) is 2.38. The number of benzene rings is 2. The standard InChI is InChI=1S/C17H16F2N2O/c1-21(2)12-8-6-11(7-9-12)15-10-22-17(20-15)16-13(18)4-3-5-14(16)19/h3-9,15H,10H2,1-2H3. The number of hydrogen-bond acceptors (Lipinski definition) is 3. The SMILES string of the molecule is CN(C)c1ccc(C2COC(c3c(F)cccc3F)=N2)cc1. The normalized spacial score (nSPS) is 17.1. The van der Waals surface area contributed by atoms with Crippen LogP contribution in [0, 0.1) is 11.6 Å². The number of ether oxygens (including phenoxy) is 1. The maximum absolute atomic E-state index is 13.8. The number of halogens is 2. The summed E-state index contributed by atoms with van der Waals surface area (Å²) >= 11 is 0. The third-order valence-corrected chi connectivity index (χ3v) is 3.62. The number of rotatable bonds is 3. The molecule has 0 amide bonds. The van der Waals surface area contributed by atoms with Crippen LogP contribution in [0.1, 0.15) is 17.2 Å². The lowest BCUT2D eigenvalue weighted by Crippen LogP contribution is -2.08. The van der Waals surface area contributed by atoms with Gasteiger partial charge in [-0.2, -0.15) is 0 Å². The summed E-state index contributed by atoms with van der Waals surface area (Å²) in [5.41, 5.74) is 1.83. The molecule has 1 heterocycles. The fourth-order valence-corrected chi connectivity index (χ4v) is 2.38. The van der Waals surface area contributed by atoms with Crippen LogP contribution in [0.25, 0.3) is 0 Å². The van der Waals surface area contributed by atoms with Crippen molar-refractivity contribution in [2.45, 2.75) is 6.04 Å². The van der Waals surface area contributed by atoms with Crippen LogP contribution in [0.15, 0.2) is 47.5 Å². The van der Waals surface area contributed by atoms with Crippen molar-refractivity contribution < 1.29 is 13.5 Å². The van der Waals surface area contributed by atoms with Gasteiger partial charge in [-0.05, 0) is 29.8 Å². The molecule has 0 bridgehead atoms. The van der Waals surface area contributed by atoms with Crippen molar-refractivity contribution in [2.24, 2.45) is 4.99 Å². The van der Waals surface area contributed by atoms with Crippen LogP contribution in [-0.4, -0.2) is 26.6 Å². The minimum Gasteiger partial charge on any atom is -0.475 e. The molecule has 1 atom stereocenters. The van der Waals surface area contributed by atoms with Gasteiger partial charge < -0.3 is 9.64 Å². The van der Waals surface area contributed by atoms with E-state index in [1.807, 2.05) is 43.3 Å². The molecule has 3 rings (SSSR count). The van der Waals surface area contributed by atoms with E-state index >= 15 is 0 Å². The molecule has 2 aromatic rings. The van der Waals surface area contributed by atoms with Gasteiger partial charge in [0.15, 0.2) is 0 Å². The Bertz CT molecular complexity index is 691. The van der Waals surface area contributed by atoms with Crippen LogP contribution in [-0.2, 0) is 4.74 Å². The zero-order chi connectivity index (χ0) is 15.7. The van der Waals surface area contributed by atoms with Crippen LogP contribution in [0.5, 0.6) is 0 Å². The molecule has 5 heteroatoms. The van der Waals surface area contributed by atoms with Crippen LogP contribution in [0.3, 0.4) is 0 Å². The van der Waals surface area contributed by atoms with Gasteiger partial charge in [0.1, 0.15) is 29.8 Å². The van der Waals surface area contributed by atoms with E-state index in [2.05, 4.69) is 4.99 Å². The maximum Gasteiger partial charge on any atom is 0.222 e. The quantitative estimate of drug-likeness (QED) is 0.866. The molecule has 114 valence electrons. The molecule has 2 aromatic carbocycles. The topological polar surface area (TPSA) is 24.8 Å². The third-order valence-electron chi connectivity index (χ3n) is 3.62. The van der Waals surface area contributed by atoms with Gasteiger partial charge >= 0.3 is 0 Å². The van der Waals surface area contributed by atoms with E-state index in [1.54, 1.807) is 0 Å². The summed E-state index contributed by atoms with van der Waals surface area (Å²) in [6.45, 7) is 0.282. The molecule has 1 aliphatic rings. The Balaban J connectivity index is 1.88. The molecule has 0 radical (unpaired) electrons. The fraction of sp³-hybridized carbons (Fsp3) is 0.235. The van der Waals surface area contributed by atoms with Gasteiger partial charge in [0, 0.05) is 19.8 Å². The average molecular weight is 302 g/mol. The van der Waals surface area contributed by atoms with E-state index in [-0.39, 0.29) is 24.1 Å². The summed E-state index contributed by atoms with van der Waals surface area (Å²) in [6, 6.07) is 11.3. The Morgan fingerprint density at radius 3 is 2.27 bits per heavy atom. The lowest BCUT2D eigenvalue weighted by Gasteiger charge is -2.13. The van der Waals surface area contributed by atoms with Gasteiger partial charge in [-0.25, -0.2) is 13.8 Å². The molecule has 0 saturated carbocycles. The highest BCUT2D eigenvalue weighted by Crippen LogP contribution is 2.28. The van der Waals surface area contributed by atoms with Crippen LogP contribution in [0.2, 0.25) is 0 Å². The second-order valence-electron chi connectivity index (χ2n) is 5.34. The van der Waals surface area contributed by atoms with E-state index in [4.69, 9.17) is 4.74 Å². The minimum atomic E-state index is -0.664. The smallest absolute Gasteiger partial charge is 0.222 e. The predicted octanol–water partition coefficient (Wildman–Crippen LogP) is 3.55. The number of nitrogens with zero attached hydrogens (tertiary/aromatic N) is 2. The molecule has 1 aliphatic heterocycles. The molecule has 0 spiro atoms. The highest BCUT2D eigenvalue weighted by Gasteiger charge is 2.26. The predicted molar refractivity (Wildman–Crippen MR) is 82.4 cm³/mol. The van der Waals surface area contributed by atoms with Gasteiger partial charge in [0.2, 0.25) is 5.90 Å². The Morgan fingerprint density at radius 2 is 1.68 bits per heavy atom. The summed E-state index contributed by atoms with van der Waals surface area (Å²) in [4.78, 5) is 6.32. The van der Waals surface area contributed by atoms with Crippen molar-refractivity contribution in [3.63, 3.8) is 0 Å². The lowest BCUT2D eigenvalue weighted by atomic mass is 10.1. The zero-order valence-corrected chi connectivity index (χ0v) is 12.4. The Labute approximate surface area is 127 Å². The lowest BCUT2D eigenvalue weighted by molar-refractivity contribution is 0.317. The molecule has 0 saturated heterocycles. The van der Waals surface area contributed by atoms with Crippen molar-refractivity contribution in [2.75, 3.05) is 25.6 Å². The first-order valence-electron chi connectivity index (χ1n) is 6.98. The summed E-state index contributed by atoms with van der Waals surface area (Å²) in [5.74, 6) is -1.30. The molecular formula is C17H16F2N2O. The average Bonchev–Trinajstić information content (AvgIpc) is 2.97. The summed E-state index contributed by atoms with van der Waals surface area (Å²) in [7, 11) is 3.93. The van der Waals surface area contributed by atoms with Gasteiger partial charge in [-0.1, -0.05) is 18.2 Å². The molecule has 0 N–H and O–H groups in total. The van der Waals surface area contributed by atoms with Crippen molar-refractivity contribution in [3.8, 4) is 0 Å². The van der Waals surface area contributed by atoms with E-state index in [0.29, 0.717) is 0 Å². The molecule has 0 aliphatic carbocycles. The second kappa shape index (κ2) is 5.75. The number of anilines is 1. The van der Waals surface area contributed by atoms with E-state index in [9.17, 15) is 8.78 Å². The number of aliphatic imine (C=N–C) groups is 1. The van der Waals surface area contributed by atoms with Crippen molar-refractivity contribution >= 4 is 11.6 Å². The van der Waals surface area contributed by atoms with Gasteiger partial charge in [0.25, 0.3) is 0 Å². The van der Waals surface area contributed by atoms with Crippen molar-refractivity contribution in [3.05, 3.63) is 65.2 Å². The van der Waals surface area contributed by atoms with Gasteiger partial charge in [-0.15, -0.1) is 0 Å². The largest absolute Gasteiger partial charge is 0.475 e. The molecule has 22 heavy (non-hydrogen) atoms. The van der Waals surface area contributed by atoms with E-state index < -0.39 is 11.6 Å². The van der Waals surface area contributed by atoms with Crippen LogP contribution >= 0.6 is 0 Å². The van der Waals surface area contributed by atoms with Crippen molar-refractivity contribution in [1.82, 2.24) is 0 Å². The first-order chi connectivity index (χ1) is 10.6. The highest BCUT2D eigenvalue weighted by molar-refractivity contribution is 5.95. The Kier molecular flexibility index (Phi) is 3.79. The second-order valence-corrected chi connectivity index (χ2v) is 5.34. The van der Waals surface area contributed by atoms with Crippen molar-refractivity contribution in [1.29, 1.82) is 0 Å². The maximum atomic E-state index is 13.8. The minimum absolute atomic E-state index is 0.0253. The number of hydrogen-bond donors (Lipinski definition) is 0. The molecular weight excluding hydrogens is 286 g/mol. The Morgan fingerprint density at radius 1 is 1.05 bits per heavy atom. The third kappa shape index (κ3) is 2.66. The molecule has 0 aromatic heterocycles. The highest BCUT2D eigenvalue weighted by atomic mass is 19.1. The summed E-state index contributed by atoms with van der Waals surface area (Å²) < 4.78 is 32.9. The zero-order valence-electron chi connectivity index (χ0n) is 12.4. The van der Waals surface area contributed by atoms with E-state index in [1.165, 1.54) is 18.2 Å². The summed E-state index contributed by atoms with van der Waals surface area (Å²) in [6.07, 6.45) is 0. The van der Waals surface area contributed by atoms with Gasteiger partial charge in [-0.3, -0.25) is 0 Å². The van der Waals surface area contributed by atoms with E-state index in [0.717, 1.165) is 11.3 Å². The first-order valence-corrected chi connectivity index (χ1v) is 6.98. The summed E-state index contributed by atoms with van der Waals surface area (Å²) in [5, 5.41) is 0. The van der Waals surface area contributed by atoms with Gasteiger partial charge in [0.05, 0.1) is 0 Å². The van der Waals surface area contributed by atoms with Crippen LogP contribution in [0.4, 0.5) is 14.5 Å².